The summed E-state index contributed by atoms with van der Waals surface area (Å²) in [6.07, 6.45) is 0. The van der Waals surface area contributed by atoms with Crippen molar-refractivity contribution >= 4 is 65.8 Å². The number of benzene rings is 6. The van der Waals surface area contributed by atoms with Crippen molar-refractivity contribution in [1.29, 1.82) is 0 Å². The predicted octanol–water partition coefficient (Wildman–Crippen LogP) is 6.95. The van der Waals surface area contributed by atoms with Crippen LogP contribution in [0.15, 0.2) is 127 Å². The fourth-order valence-electron chi connectivity index (χ4n) is 5.38. The van der Waals surface area contributed by atoms with Gasteiger partial charge >= 0.3 is 224 Å². The Labute approximate surface area is 224 Å². The van der Waals surface area contributed by atoms with Gasteiger partial charge in [0.05, 0.1) is 0 Å². The SMILES string of the molecule is O=S(=O)(O[PH](c1cccc2ccccc12)(c1cccc2ccccc12)c1cccc2ccccc12)C(F)(F)F. The maximum atomic E-state index is 14.2. The van der Waals surface area contributed by atoms with Crippen LogP contribution < -0.4 is 15.9 Å². The Morgan fingerprint density at radius 3 is 1.13 bits per heavy atom. The Bertz CT molecular complexity index is 1760. The summed E-state index contributed by atoms with van der Waals surface area (Å²) in [6.45, 7) is 0. The summed E-state index contributed by atoms with van der Waals surface area (Å²) in [4.78, 5) is 0. The minimum absolute atomic E-state index is 0.418. The summed E-state index contributed by atoms with van der Waals surface area (Å²) < 4.78 is 74.4. The van der Waals surface area contributed by atoms with E-state index in [4.69, 9.17) is 3.97 Å². The number of rotatable bonds is 5. The van der Waals surface area contributed by atoms with Crippen molar-refractivity contribution in [3.05, 3.63) is 127 Å². The van der Waals surface area contributed by atoms with Crippen LogP contribution in [0.4, 0.5) is 13.2 Å². The Hall–Kier alpha value is -3.77. The van der Waals surface area contributed by atoms with E-state index in [1.165, 1.54) is 0 Å². The van der Waals surface area contributed by atoms with Gasteiger partial charge in [0.2, 0.25) is 0 Å². The van der Waals surface area contributed by atoms with Gasteiger partial charge in [0, 0.05) is 0 Å². The first-order valence-corrected chi connectivity index (χ1v) is 15.5. The quantitative estimate of drug-likeness (QED) is 0.169. The Balaban J connectivity index is 1.89. The Kier molecular flexibility index (Phi) is 6.18. The van der Waals surface area contributed by atoms with Crippen LogP contribution in [0.2, 0.25) is 0 Å². The molecule has 0 heterocycles. The molecule has 0 radical (unpaired) electrons. The normalized spacial score (nSPS) is 13.2. The number of alkyl halides is 3. The van der Waals surface area contributed by atoms with E-state index in [0.717, 1.165) is 16.2 Å². The molecule has 0 N–H and O–H groups in total. The molecular formula is C31H22F3O3PS. The molecule has 0 aliphatic rings. The maximum absolute atomic E-state index is 14.2. The molecule has 3 nitrogen and oxygen atoms in total. The number of fused-ring (bicyclic) bond motifs is 3. The molecule has 0 saturated carbocycles. The molecular weight excluding hydrogens is 540 g/mol. The Morgan fingerprint density at radius 2 is 0.795 bits per heavy atom. The van der Waals surface area contributed by atoms with Crippen LogP contribution in [0.1, 0.15) is 0 Å². The van der Waals surface area contributed by atoms with E-state index in [0.29, 0.717) is 32.1 Å². The van der Waals surface area contributed by atoms with Crippen molar-refractivity contribution in [2.45, 2.75) is 5.51 Å². The van der Waals surface area contributed by atoms with Gasteiger partial charge in [-0.25, -0.2) is 0 Å². The summed E-state index contributed by atoms with van der Waals surface area (Å²) in [5.41, 5.74) is -5.62. The van der Waals surface area contributed by atoms with Crippen molar-refractivity contribution in [2.75, 3.05) is 0 Å². The first-order valence-electron chi connectivity index (χ1n) is 12.2. The Morgan fingerprint density at radius 1 is 0.487 bits per heavy atom. The van der Waals surface area contributed by atoms with Crippen LogP contribution in [0.3, 0.4) is 0 Å². The molecule has 6 aromatic carbocycles. The van der Waals surface area contributed by atoms with Gasteiger partial charge in [-0.1, -0.05) is 0 Å². The third-order valence-electron chi connectivity index (χ3n) is 7.02. The van der Waals surface area contributed by atoms with Crippen molar-refractivity contribution < 1.29 is 25.6 Å². The van der Waals surface area contributed by atoms with Gasteiger partial charge < -0.3 is 0 Å². The second kappa shape index (κ2) is 9.45. The summed E-state index contributed by atoms with van der Waals surface area (Å²) in [6, 6.07) is 37.6. The van der Waals surface area contributed by atoms with E-state index in [-0.39, 0.29) is 0 Å². The van der Waals surface area contributed by atoms with Gasteiger partial charge in [-0.15, -0.1) is 0 Å². The molecule has 0 unspecified atom stereocenters. The molecule has 39 heavy (non-hydrogen) atoms. The molecule has 0 fully saturated rings. The fraction of sp³-hybridized carbons (Fsp3) is 0.0323. The standard InChI is InChI=1S/C31H22F3O3PS/c32-31(33,34)39(35,36)37-38(28-19-7-13-22-10-1-4-16-25(22)28,29-20-8-14-23-11-2-5-17-26(23)29)30-21-9-15-24-12-3-6-18-27(24)30/h1-21,38H. The number of hydrogen-bond acceptors (Lipinski definition) is 3. The molecule has 0 aliphatic carbocycles. The molecule has 0 saturated heterocycles. The summed E-state index contributed by atoms with van der Waals surface area (Å²) in [5.74, 6) is 0. The predicted molar refractivity (Wildman–Crippen MR) is 155 cm³/mol. The minimum atomic E-state index is -6.04. The molecule has 0 amide bonds. The molecule has 8 heteroatoms. The summed E-state index contributed by atoms with van der Waals surface area (Å²) in [7, 11) is -10.5. The number of halogens is 3. The average molecular weight is 563 g/mol. The third-order valence-corrected chi connectivity index (χ3v) is 13.1. The monoisotopic (exact) mass is 562 g/mol. The third kappa shape index (κ3) is 4.18. The van der Waals surface area contributed by atoms with Crippen molar-refractivity contribution in [1.82, 2.24) is 0 Å². The van der Waals surface area contributed by atoms with Crippen LogP contribution in [-0.4, -0.2) is 13.9 Å². The summed E-state index contributed by atoms with van der Waals surface area (Å²) in [5, 5.41) is 5.43. The first-order chi connectivity index (χ1) is 18.7. The van der Waals surface area contributed by atoms with Gasteiger partial charge in [0.1, 0.15) is 0 Å². The second-order valence-electron chi connectivity index (χ2n) is 9.24. The van der Waals surface area contributed by atoms with Crippen LogP contribution in [0.25, 0.3) is 32.3 Å². The van der Waals surface area contributed by atoms with E-state index in [2.05, 4.69) is 0 Å². The zero-order valence-electron chi connectivity index (χ0n) is 20.4. The zero-order valence-corrected chi connectivity index (χ0v) is 22.2. The van der Waals surface area contributed by atoms with Crippen LogP contribution >= 0.6 is 7.49 Å². The van der Waals surface area contributed by atoms with Crippen LogP contribution in [0.5, 0.6) is 0 Å². The van der Waals surface area contributed by atoms with E-state index in [1.54, 1.807) is 72.8 Å². The van der Waals surface area contributed by atoms with E-state index >= 15 is 0 Å². The molecule has 6 aromatic rings. The van der Waals surface area contributed by atoms with E-state index in [1.807, 2.05) is 54.6 Å². The van der Waals surface area contributed by atoms with Crippen LogP contribution in [-0.2, 0) is 14.1 Å². The molecule has 0 aromatic heterocycles. The molecule has 196 valence electrons. The molecule has 6 rings (SSSR count). The first kappa shape index (κ1) is 25.5. The van der Waals surface area contributed by atoms with Gasteiger partial charge in [-0.05, 0) is 0 Å². The van der Waals surface area contributed by atoms with Crippen molar-refractivity contribution in [3.63, 3.8) is 0 Å². The molecule has 0 bridgehead atoms. The van der Waals surface area contributed by atoms with Gasteiger partial charge in [-0.2, -0.15) is 0 Å². The van der Waals surface area contributed by atoms with E-state index in [9.17, 15) is 21.6 Å². The van der Waals surface area contributed by atoms with Crippen molar-refractivity contribution in [2.24, 2.45) is 0 Å². The van der Waals surface area contributed by atoms with E-state index < -0.39 is 23.1 Å². The zero-order chi connectivity index (χ0) is 27.3. The van der Waals surface area contributed by atoms with Gasteiger partial charge in [0.25, 0.3) is 0 Å². The van der Waals surface area contributed by atoms with Gasteiger partial charge in [-0.3, -0.25) is 0 Å². The molecule has 0 aliphatic heterocycles. The van der Waals surface area contributed by atoms with Crippen LogP contribution in [0, 0.1) is 0 Å². The second-order valence-corrected chi connectivity index (χ2v) is 14.3. The fourth-order valence-corrected chi connectivity index (χ4v) is 11.8. The van der Waals surface area contributed by atoms with Gasteiger partial charge in [0.15, 0.2) is 0 Å². The average Bonchev–Trinajstić information content (AvgIpc) is 2.94. The van der Waals surface area contributed by atoms with Crippen molar-refractivity contribution in [3.8, 4) is 0 Å². The molecule has 0 atom stereocenters. The molecule has 0 spiro atoms. The number of hydrogen-bond donors (Lipinski definition) is 0. The topological polar surface area (TPSA) is 43.4 Å². The summed E-state index contributed by atoms with van der Waals surface area (Å²) >= 11 is 0.